The quantitative estimate of drug-likeness (QED) is 0.564. The van der Waals surface area contributed by atoms with Gasteiger partial charge in [0.25, 0.3) is 0 Å². The molecule has 2 aliphatic rings. The second-order valence-electron chi connectivity index (χ2n) is 4.95. The van der Waals surface area contributed by atoms with Crippen molar-refractivity contribution >= 4 is 0 Å². The van der Waals surface area contributed by atoms with Gasteiger partial charge in [-0.3, -0.25) is 0 Å². The molecule has 2 unspecified atom stereocenters. The highest BCUT2D eigenvalue weighted by molar-refractivity contribution is 5.03. The van der Waals surface area contributed by atoms with E-state index in [9.17, 15) is 0 Å². The van der Waals surface area contributed by atoms with E-state index < -0.39 is 0 Å². The van der Waals surface area contributed by atoms with E-state index in [0.29, 0.717) is 6.10 Å². The monoisotopic (exact) mass is 154 g/mol. The maximum atomic E-state index is 5.92. The van der Waals surface area contributed by atoms with Crippen molar-refractivity contribution in [3.05, 3.63) is 0 Å². The van der Waals surface area contributed by atoms with E-state index in [1.165, 1.54) is 19.3 Å². The summed E-state index contributed by atoms with van der Waals surface area (Å²) in [6.07, 6.45) is 4.92. The van der Waals surface area contributed by atoms with Gasteiger partial charge in [0.15, 0.2) is 0 Å². The van der Waals surface area contributed by atoms with Gasteiger partial charge in [-0.25, -0.2) is 0 Å². The van der Waals surface area contributed by atoms with Gasteiger partial charge in [0, 0.05) is 0 Å². The van der Waals surface area contributed by atoms with Crippen LogP contribution in [0.3, 0.4) is 0 Å². The van der Waals surface area contributed by atoms with Crippen LogP contribution in [0, 0.1) is 11.8 Å². The average molecular weight is 154 g/mol. The molecule has 0 aromatic carbocycles. The van der Waals surface area contributed by atoms with Gasteiger partial charge in [0.2, 0.25) is 0 Å². The minimum absolute atomic E-state index is 0.0784. The van der Waals surface area contributed by atoms with E-state index in [4.69, 9.17) is 4.74 Å². The summed E-state index contributed by atoms with van der Waals surface area (Å²) in [7, 11) is 0. The van der Waals surface area contributed by atoms with Crippen molar-refractivity contribution in [3.8, 4) is 0 Å². The summed E-state index contributed by atoms with van der Waals surface area (Å²) in [6.45, 7) is 6.46. The maximum absolute atomic E-state index is 5.92. The Kier molecular flexibility index (Phi) is 1.54. The van der Waals surface area contributed by atoms with Crippen molar-refractivity contribution in [3.63, 3.8) is 0 Å². The van der Waals surface area contributed by atoms with Crippen LogP contribution in [0.25, 0.3) is 0 Å². The lowest BCUT2D eigenvalue weighted by atomic mass is 10.2. The first-order chi connectivity index (χ1) is 5.08. The Labute approximate surface area is 69.1 Å². The molecule has 1 heteroatoms. The lowest BCUT2D eigenvalue weighted by Crippen LogP contribution is -2.22. The van der Waals surface area contributed by atoms with Crippen LogP contribution < -0.4 is 0 Å². The summed E-state index contributed by atoms with van der Waals surface area (Å²) < 4.78 is 5.92. The third-order valence-electron chi connectivity index (χ3n) is 2.82. The molecule has 2 rings (SSSR count). The van der Waals surface area contributed by atoms with E-state index in [0.717, 1.165) is 11.8 Å². The molecule has 64 valence electrons. The minimum Gasteiger partial charge on any atom is -0.372 e. The van der Waals surface area contributed by atoms with E-state index in [2.05, 4.69) is 20.8 Å². The normalized spacial score (nSPS) is 42.3. The smallest absolute Gasteiger partial charge is 0.0645 e. The SMILES string of the molecule is CC(C)(C)OC1C2CCCC21. The van der Waals surface area contributed by atoms with Gasteiger partial charge in [-0.2, -0.15) is 0 Å². The highest BCUT2D eigenvalue weighted by Gasteiger charge is 2.54. The fourth-order valence-corrected chi connectivity index (χ4v) is 2.34. The number of rotatable bonds is 1. The molecule has 0 bridgehead atoms. The average Bonchev–Trinajstić information content (AvgIpc) is 2.39. The Hall–Kier alpha value is -0.0400. The first kappa shape index (κ1) is 7.60. The zero-order chi connectivity index (χ0) is 8.06. The highest BCUT2D eigenvalue weighted by Crippen LogP contribution is 2.54. The Balaban J connectivity index is 1.83. The zero-order valence-electron chi connectivity index (χ0n) is 7.76. The summed E-state index contributed by atoms with van der Waals surface area (Å²) in [5.41, 5.74) is 0.0784. The van der Waals surface area contributed by atoms with Crippen molar-refractivity contribution in [1.82, 2.24) is 0 Å². The molecule has 0 aromatic heterocycles. The minimum atomic E-state index is 0.0784. The number of ether oxygens (including phenoxy) is 1. The third-order valence-corrected chi connectivity index (χ3v) is 2.82. The number of fused-ring (bicyclic) bond motifs is 1. The molecule has 0 spiro atoms. The molecular weight excluding hydrogens is 136 g/mol. The molecule has 2 aliphatic carbocycles. The first-order valence-corrected chi connectivity index (χ1v) is 4.76. The predicted octanol–water partition coefficient (Wildman–Crippen LogP) is 2.60. The fraction of sp³-hybridized carbons (Fsp3) is 1.00. The molecule has 0 saturated heterocycles. The lowest BCUT2D eigenvalue weighted by Gasteiger charge is -2.20. The van der Waals surface area contributed by atoms with Crippen molar-refractivity contribution < 1.29 is 4.74 Å². The third kappa shape index (κ3) is 1.44. The number of hydrogen-bond acceptors (Lipinski definition) is 1. The zero-order valence-corrected chi connectivity index (χ0v) is 7.76. The summed E-state index contributed by atoms with van der Waals surface area (Å²) >= 11 is 0. The molecule has 2 saturated carbocycles. The molecule has 0 aliphatic heterocycles. The Bertz CT molecular complexity index is 147. The van der Waals surface area contributed by atoms with E-state index in [-0.39, 0.29) is 5.60 Å². The van der Waals surface area contributed by atoms with Crippen LogP contribution in [0.5, 0.6) is 0 Å². The Morgan fingerprint density at radius 1 is 1.09 bits per heavy atom. The van der Waals surface area contributed by atoms with E-state index in [1.54, 1.807) is 0 Å². The maximum Gasteiger partial charge on any atom is 0.0645 e. The van der Waals surface area contributed by atoms with Crippen molar-refractivity contribution in [2.45, 2.75) is 51.7 Å². The lowest BCUT2D eigenvalue weighted by molar-refractivity contribution is -0.0301. The van der Waals surface area contributed by atoms with Crippen molar-refractivity contribution in [1.29, 1.82) is 0 Å². The molecule has 11 heavy (non-hydrogen) atoms. The van der Waals surface area contributed by atoms with Crippen LogP contribution in [0.15, 0.2) is 0 Å². The first-order valence-electron chi connectivity index (χ1n) is 4.76. The second kappa shape index (κ2) is 2.22. The van der Waals surface area contributed by atoms with Gasteiger partial charge in [-0.15, -0.1) is 0 Å². The van der Waals surface area contributed by atoms with E-state index in [1.807, 2.05) is 0 Å². The van der Waals surface area contributed by atoms with E-state index >= 15 is 0 Å². The van der Waals surface area contributed by atoms with Gasteiger partial charge in [0.05, 0.1) is 11.7 Å². The molecular formula is C10H18O. The topological polar surface area (TPSA) is 9.23 Å². The molecule has 1 nitrogen and oxygen atoms in total. The van der Waals surface area contributed by atoms with Gasteiger partial charge < -0.3 is 4.74 Å². The molecule has 0 aromatic rings. The van der Waals surface area contributed by atoms with Crippen LogP contribution in [-0.4, -0.2) is 11.7 Å². The van der Waals surface area contributed by atoms with Crippen LogP contribution in [0.4, 0.5) is 0 Å². The molecule has 0 amide bonds. The molecule has 2 atom stereocenters. The molecule has 2 fully saturated rings. The standard InChI is InChI=1S/C10H18O/c1-10(2,3)11-9-7-5-4-6-8(7)9/h7-9H,4-6H2,1-3H3. The molecule has 0 radical (unpaired) electrons. The largest absolute Gasteiger partial charge is 0.372 e. The fourth-order valence-electron chi connectivity index (χ4n) is 2.34. The van der Waals surface area contributed by atoms with Gasteiger partial charge >= 0.3 is 0 Å². The number of hydrogen-bond donors (Lipinski definition) is 0. The second-order valence-corrected chi connectivity index (χ2v) is 4.95. The van der Waals surface area contributed by atoms with Gasteiger partial charge in [0.1, 0.15) is 0 Å². The Morgan fingerprint density at radius 3 is 2.09 bits per heavy atom. The van der Waals surface area contributed by atoms with Crippen molar-refractivity contribution in [2.75, 3.05) is 0 Å². The predicted molar refractivity (Wildman–Crippen MR) is 45.5 cm³/mol. The van der Waals surface area contributed by atoms with Crippen molar-refractivity contribution in [2.24, 2.45) is 11.8 Å². The summed E-state index contributed by atoms with van der Waals surface area (Å²) in [5, 5.41) is 0. The van der Waals surface area contributed by atoms with Crippen LogP contribution in [0.1, 0.15) is 40.0 Å². The summed E-state index contributed by atoms with van der Waals surface area (Å²) in [5.74, 6) is 1.88. The van der Waals surface area contributed by atoms with Crippen LogP contribution in [0.2, 0.25) is 0 Å². The summed E-state index contributed by atoms with van der Waals surface area (Å²) in [6, 6.07) is 0. The van der Waals surface area contributed by atoms with Gasteiger partial charge in [-0.1, -0.05) is 6.42 Å². The molecule has 0 N–H and O–H groups in total. The van der Waals surface area contributed by atoms with Gasteiger partial charge in [-0.05, 0) is 45.4 Å². The van der Waals surface area contributed by atoms with Crippen LogP contribution >= 0.6 is 0 Å². The Morgan fingerprint density at radius 2 is 1.64 bits per heavy atom. The highest BCUT2D eigenvalue weighted by atomic mass is 16.5. The van der Waals surface area contributed by atoms with Crippen LogP contribution in [-0.2, 0) is 4.74 Å². The summed E-state index contributed by atoms with van der Waals surface area (Å²) in [4.78, 5) is 0. The molecule has 0 heterocycles.